The van der Waals surface area contributed by atoms with E-state index >= 15 is 0 Å². The van der Waals surface area contributed by atoms with E-state index in [4.69, 9.17) is 9.84 Å². The van der Waals surface area contributed by atoms with Gasteiger partial charge in [-0.2, -0.15) is 0 Å². The smallest absolute Gasteiger partial charge is 0.409 e. The first-order valence-corrected chi connectivity index (χ1v) is 5.76. The van der Waals surface area contributed by atoms with Crippen LogP contribution in [0.25, 0.3) is 0 Å². The summed E-state index contributed by atoms with van der Waals surface area (Å²) in [5, 5.41) is 8.66. The van der Waals surface area contributed by atoms with E-state index < -0.39 is 30.4 Å². The van der Waals surface area contributed by atoms with Crippen molar-refractivity contribution in [2.75, 3.05) is 19.7 Å². The van der Waals surface area contributed by atoms with Gasteiger partial charge < -0.3 is 14.7 Å². The number of carbonyl (C=O) groups excluding carboxylic acids is 1. The number of amides is 1. The van der Waals surface area contributed by atoms with E-state index in [1.54, 1.807) is 0 Å². The molecule has 1 N–H and O–H groups in total. The maximum Gasteiger partial charge on any atom is 0.409 e. The van der Waals surface area contributed by atoms with Gasteiger partial charge in [0.2, 0.25) is 0 Å². The summed E-state index contributed by atoms with van der Waals surface area (Å²) >= 11 is 0. The Kier molecular flexibility index (Phi) is 4.48. The molecule has 0 saturated carbocycles. The fourth-order valence-corrected chi connectivity index (χ4v) is 1.73. The van der Waals surface area contributed by atoms with Crippen molar-refractivity contribution in [2.24, 2.45) is 11.8 Å². The number of carboxylic acid groups (broad SMARTS) is 1. The monoisotopic (exact) mass is 265 g/mol. The van der Waals surface area contributed by atoms with Gasteiger partial charge in [0.15, 0.2) is 0 Å². The molecule has 0 spiro atoms. The van der Waals surface area contributed by atoms with Crippen molar-refractivity contribution in [3.05, 3.63) is 0 Å². The van der Waals surface area contributed by atoms with Gasteiger partial charge in [-0.25, -0.2) is 13.6 Å². The molecule has 0 aromatic carbocycles. The van der Waals surface area contributed by atoms with Gasteiger partial charge in [0.25, 0.3) is 5.92 Å². The Morgan fingerprint density at radius 3 is 2.56 bits per heavy atom. The minimum atomic E-state index is -3.42. The van der Waals surface area contributed by atoms with Crippen molar-refractivity contribution in [2.45, 2.75) is 26.2 Å². The maximum absolute atomic E-state index is 13.5. The molecule has 0 aliphatic carbocycles. The maximum atomic E-state index is 13.5. The molecule has 18 heavy (non-hydrogen) atoms. The van der Waals surface area contributed by atoms with Crippen LogP contribution >= 0.6 is 0 Å². The Morgan fingerprint density at radius 2 is 2.11 bits per heavy atom. The number of carboxylic acids is 1. The summed E-state index contributed by atoms with van der Waals surface area (Å²) in [6.45, 7) is 2.89. The third kappa shape index (κ3) is 3.54. The van der Waals surface area contributed by atoms with Crippen molar-refractivity contribution in [3.63, 3.8) is 0 Å². The van der Waals surface area contributed by atoms with Crippen molar-refractivity contribution in [3.8, 4) is 0 Å². The molecule has 1 aliphatic rings. The van der Waals surface area contributed by atoms with Gasteiger partial charge in [0.05, 0.1) is 13.2 Å². The molecule has 5 nitrogen and oxygen atoms in total. The molecule has 0 aromatic heterocycles. The number of hydrogen-bond acceptors (Lipinski definition) is 3. The number of halogens is 2. The van der Waals surface area contributed by atoms with Gasteiger partial charge in [0.1, 0.15) is 5.92 Å². The van der Waals surface area contributed by atoms with Crippen molar-refractivity contribution in [1.82, 2.24) is 4.90 Å². The normalized spacial score (nSPS) is 22.9. The minimum absolute atomic E-state index is 0.0243. The number of rotatable bonds is 3. The Labute approximate surface area is 104 Å². The summed E-state index contributed by atoms with van der Waals surface area (Å²) in [7, 11) is 0. The summed E-state index contributed by atoms with van der Waals surface area (Å²) in [5.41, 5.74) is 0. The first-order chi connectivity index (χ1) is 8.24. The second-order valence-electron chi connectivity index (χ2n) is 4.83. The van der Waals surface area contributed by atoms with Crippen molar-refractivity contribution in [1.29, 1.82) is 0 Å². The average Bonchev–Trinajstić information content (AvgIpc) is 2.23. The Hall–Kier alpha value is -1.40. The van der Waals surface area contributed by atoms with Gasteiger partial charge in [-0.1, -0.05) is 13.8 Å². The zero-order valence-corrected chi connectivity index (χ0v) is 10.4. The zero-order chi connectivity index (χ0) is 13.9. The molecule has 0 bridgehead atoms. The largest absolute Gasteiger partial charge is 0.481 e. The number of piperidine rings is 1. The molecule has 0 aromatic rings. The second kappa shape index (κ2) is 5.49. The lowest BCUT2D eigenvalue weighted by Gasteiger charge is -2.35. The number of hydrogen-bond donors (Lipinski definition) is 1. The zero-order valence-electron chi connectivity index (χ0n) is 10.4. The number of likely N-dealkylation sites (tertiary alicyclic amines) is 1. The van der Waals surface area contributed by atoms with Crippen LogP contribution in [0, 0.1) is 11.8 Å². The van der Waals surface area contributed by atoms with Crippen LogP contribution in [0.15, 0.2) is 0 Å². The molecule has 1 heterocycles. The van der Waals surface area contributed by atoms with Crippen LogP contribution in [0.4, 0.5) is 13.6 Å². The molecule has 1 fully saturated rings. The molecule has 7 heteroatoms. The third-order valence-electron chi connectivity index (χ3n) is 2.70. The summed E-state index contributed by atoms with van der Waals surface area (Å²) in [5.74, 6) is -6.56. The standard InChI is InChI=1S/C11H17F2NO4/c1-7(2)5-18-10(17)14-4-3-8(9(15)16)11(12,13)6-14/h7-8H,3-6H2,1-2H3,(H,15,16). The highest BCUT2D eigenvalue weighted by molar-refractivity contribution is 5.73. The first-order valence-electron chi connectivity index (χ1n) is 5.76. The molecule has 0 radical (unpaired) electrons. The van der Waals surface area contributed by atoms with Crippen LogP contribution in [0.2, 0.25) is 0 Å². The third-order valence-corrected chi connectivity index (χ3v) is 2.70. The van der Waals surface area contributed by atoms with E-state index in [0.717, 1.165) is 4.90 Å². The number of alkyl halides is 2. The second-order valence-corrected chi connectivity index (χ2v) is 4.83. The summed E-state index contributed by atoms with van der Waals surface area (Å²) in [4.78, 5) is 23.0. The summed E-state index contributed by atoms with van der Waals surface area (Å²) in [6.07, 6.45) is -1.08. The molecule has 1 unspecified atom stereocenters. The van der Waals surface area contributed by atoms with Crippen LogP contribution in [0.3, 0.4) is 0 Å². The predicted molar refractivity (Wildman–Crippen MR) is 58.4 cm³/mol. The minimum Gasteiger partial charge on any atom is -0.481 e. The molecule has 1 atom stereocenters. The lowest BCUT2D eigenvalue weighted by molar-refractivity contribution is -0.165. The van der Waals surface area contributed by atoms with Gasteiger partial charge in [-0.3, -0.25) is 4.79 Å². The van der Waals surface area contributed by atoms with Crippen LogP contribution in [-0.4, -0.2) is 47.7 Å². The van der Waals surface area contributed by atoms with Crippen LogP contribution in [-0.2, 0) is 9.53 Å². The quantitative estimate of drug-likeness (QED) is 0.845. The molecule has 1 amide bonds. The number of ether oxygens (including phenoxy) is 1. The van der Waals surface area contributed by atoms with Gasteiger partial charge in [0, 0.05) is 6.54 Å². The van der Waals surface area contributed by atoms with E-state index in [0.29, 0.717) is 0 Å². The first kappa shape index (κ1) is 14.7. The SMILES string of the molecule is CC(C)COC(=O)N1CCC(C(=O)O)C(F)(F)C1. The Morgan fingerprint density at radius 1 is 1.50 bits per heavy atom. The predicted octanol–water partition coefficient (Wildman–Crippen LogP) is 1.82. The van der Waals surface area contributed by atoms with Crippen molar-refractivity contribution >= 4 is 12.1 Å². The van der Waals surface area contributed by atoms with E-state index in [-0.39, 0.29) is 25.5 Å². The summed E-state index contributed by atoms with van der Waals surface area (Å²) < 4.78 is 31.8. The average molecular weight is 265 g/mol. The van der Waals surface area contributed by atoms with Crippen LogP contribution < -0.4 is 0 Å². The Balaban J connectivity index is 2.58. The fraction of sp³-hybridized carbons (Fsp3) is 0.818. The highest BCUT2D eigenvalue weighted by atomic mass is 19.3. The molecule has 1 aliphatic heterocycles. The van der Waals surface area contributed by atoms with E-state index in [1.165, 1.54) is 0 Å². The number of aliphatic carboxylic acids is 1. The molecular formula is C11H17F2NO4. The lowest BCUT2D eigenvalue weighted by atomic mass is 9.93. The molecular weight excluding hydrogens is 248 g/mol. The number of carbonyl (C=O) groups is 2. The topological polar surface area (TPSA) is 66.8 Å². The number of nitrogens with zero attached hydrogens (tertiary/aromatic N) is 1. The van der Waals surface area contributed by atoms with Gasteiger partial charge in [-0.15, -0.1) is 0 Å². The van der Waals surface area contributed by atoms with E-state index in [1.807, 2.05) is 13.8 Å². The summed E-state index contributed by atoms with van der Waals surface area (Å²) in [6, 6.07) is 0. The molecule has 1 rings (SSSR count). The van der Waals surface area contributed by atoms with Gasteiger partial charge in [-0.05, 0) is 12.3 Å². The molecule has 1 saturated heterocycles. The highest BCUT2D eigenvalue weighted by Crippen LogP contribution is 2.33. The van der Waals surface area contributed by atoms with Crippen molar-refractivity contribution < 1.29 is 28.2 Å². The Bertz CT molecular complexity index is 333. The fourth-order valence-electron chi connectivity index (χ4n) is 1.73. The highest BCUT2D eigenvalue weighted by Gasteiger charge is 2.50. The van der Waals surface area contributed by atoms with Gasteiger partial charge >= 0.3 is 12.1 Å². The van der Waals surface area contributed by atoms with E-state index in [2.05, 4.69) is 0 Å². The van der Waals surface area contributed by atoms with Crippen LogP contribution in [0.1, 0.15) is 20.3 Å². The lowest BCUT2D eigenvalue weighted by Crippen LogP contribution is -2.53. The van der Waals surface area contributed by atoms with Crippen LogP contribution in [0.5, 0.6) is 0 Å². The van der Waals surface area contributed by atoms with E-state index in [9.17, 15) is 18.4 Å². The molecule has 104 valence electrons.